The number of hydrogen-bond donors (Lipinski definition) is 2. The van der Waals surface area contributed by atoms with E-state index in [2.05, 4.69) is 10.3 Å². The van der Waals surface area contributed by atoms with Gasteiger partial charge in [0.05, 0.1) is 0 Å². The Kier molecular flexibility index (Phi) is 4.93. The van der Waals surface area contributed by atoms with Crippen molar-refractivity contribution >= 4 is 17.7 Å². The summed E-state index contributed by atoms with van der Waals surface area (Å²) in [5.41, 5.74) is 6.21. The highest BCUT2D eigenvalue weighted by Crippen LogP contribution is 2.13. The molecule has 0 bridgehead atoms. The van der Waals surface area contributed by atoms with Crippen LogP contribution in [0.25, 0.3) is 0 Å². The number of halogens is 1. The van der Waals surface area contributed by atoms with E-state index >= 15 is 0 Å². The van der Waals surface area contributed by atoms with Gasteiger partial charge in [0.25, 0.3) is 0 Å². The number of carbonyl (C=O) groups is 1. The number of pyridine rings is 1. The Morgan fingerprint density at radius 2 is 2.28 bits per heavy atom. The number of ether oxygens (including phenoxy) is 1. The largest absolute Gasteiger partial charge is 0.444 e. The van der Waals surface area contributed by atoms with Crippen molar-refractivity contribution in [2.75, 3.05) is 6.54 Å². The Hall–Kier alpha value is -1.33. The third kappa shape index (κ3) is 5.33. The van der Waals surface area contributed by atoms with E-state index in [1.165, 1.54) is 0 Å². The van der Waals surface area contributed by atoms with E-state index in [4.69, 9.17) is 22.1 Å². The van der Waals surface area contributed by atoms with Crippen LogP contribution in [0.15, 0.2) is 18.3 Å². The van der Waals surface area contributed by atoms with E-state index in [0.717, 1.165) is 5.56 Å². The van der Waals surface area contributed by atoms with Gasteiger partial charge in [-0.25, -0.2) is 9.78 Å². The molecule has 0 aliphatic heterocycles. The first-order chi connectivity index (χ1) is 8.28. The van der Waals surface area contributed by atoms with Crippen LogP contribution in [0.3, 0.4) is 0 Å². The molecule has 18 heavy (non-hydrogen) atoms. The van der Waals surface area contributed by atoms with Crippen molar-refractivity contribution in [3.05, 3.63) is 29.0 Å². The van der Waals surface area contributed by atoms with Gasteiger partial charge in [0, 0.05) is 18.8 Å². The van der Waals surface area contributed by atoms with Gasteiger partial charge in [-0.2, -0.15) is 0 Å². The van der Waals surface area contributed by atoms with Gasteiger partial charge in [-0.05, 0) is 38.5 Å². The van der Waals surface area contributed by atoms with Crippen LogP contribution in [-0.4, -0.2) is 23.2 Å². The monoisotopic (exact) mass is 271 g/mol. The highest BCUT2D eigenvalue weighted by atomic mass is 35.5. The summed E-state index contributed by atoms with van der Waals surface area (Å²) in [6.45, 7) is 5.68. The summed E-state index contributed by atoms with van der Waals surface area (Å²) in [4.78, 5) is 15.3. The maximum Gasteiger partial charge on any atom is 0.407 e. The van der Waals surface area contributed by atoms with Crippen molar-refractivity contribution in [3.63, 3.8) is 0 Å². The van der Waals surface area contributed by atoms with Gasteiger partial charge in [-0.15, -0.1) is 0 Å². The summed E-state index contributed by atoms with van der Waals surface area (Å²) < 4.78 is 5.10. The topological polar surface area (TPSA) is 77.2 Å². The predicted molar refractivity (Wildman–Crippen MR) is 70.4 cm³/mol. The molecule has 0 radical (unpaired) electrons. The fourth-order valence-electron chi connectivity index (χ4n) is 1.27. The standard InChI is InChI=1S/C12H18ClN3O2/c1-12(2,3)18-11(17)16-7-9(14)8-4-5-15-10(13)6-8/h4-6,9H,7,14H2,1-3H3,(H,16,17). The van der Waals surface area contributed by atoms with Crippen molar-refractivity contribution in [1.82, 2.24) is 10.3 Å². The number of alkyl carbamates (subject to hydrolysis) is 1. The molecule has 0 aromatic carbocycles. The Labute approximate surface area is 112 Å². The first-order valence-corrected chi connectivity index (χ1v) is 5.99. The molecule has 0 saturated carbocycles. The minimum Gasteiger partial charge on any atom is -0.444 e. The average molecular weight is 272 g/mol. The summed E-state index contributed by atoms with van der Waals surface area (Å²) in [7, 11) is 0. The lowest BCUT2D eigenvalue weighted by molar-refractivity contribution is 0.0524. The first-order valence-electron chi connectivity index (χ1n) is 5.62. The van der Waals surface area contributed by atoms with Gasteiger partial charge in [0.2, 0.25) is 0 Å². The number of aromatic nitrogens is 1. The number of nitrogens with one attached hydrogen (secondary N) is 1. The SMILES string of the molecule is CC(C)(C)OC(=O)NCC(N)c1ccnc(Cl)c1. The molecule has 3 N–H and O–H groups in total. The van der Waals surface area contributed by atoms with E-state index in [1.54, 1.807) is 39.1 Å². The lowest BCUT2D eigenvalue weighted by Crippen LogP contribution is -2.36. The fourth-order valence-corrected chi connectivity index (χ4v) is 1.46. The normalized spacial score (nSPS) is 12.9. The van der Waals surface area contributed by atoms with Crippen molar-refractivity contribution < 1.29 is 9.53 Å². The molecule has 100 valence electrons. The molecule has 0 aliphatic carbocycles. The lowest BCUT2D eigenvalue weighted by Gasteiger charge is -2.20. The number of hydrogen-bond acceptors (Lipinski definition) is 4. The molecule has 0 spiro atoms. The molecular formula is C12H18ClN3O2. The third-order valence-corrected chi connectivity index (χ3v) is 2.25. The summed E-state index contributed by atoms with van der Waals surface area (Å²) in [6.07, 6.45) is 1.09. The Balaban J connectivity index is 2.46. The molecule has 0 fully saturated rings. The zero-order chi connectivity index (χ0) is 13.8. The van der Waals surface area contributed by atoms with E-state index in [0.29, 0.717) is 5.15 Å². The van der Waals surface area contributed by atoms with Gasteiger partial charge in [-0.3, -0.25) is 0 Å². The first kappa shape index (κ1) is 14.7. The molecule has 1 heterocycles. The number of rotatable bonds is 3. The second-order valence-corrected chi connectivity index (χ2v) is 5.29. The Morgan fingerprint density at radius 1 is 1.61 bits per heavy atom. The molecule has 6 heteroatoms. The highest BCUT2D eigenvalue weighted by Gasteiger charge is 2.16. The smallest absolute Gasteiger partial charge is 0.407 e. The molecule has 1 rings (SSSR count). The van der Waals surface area contributed by atoms with Crippen LogP contribution < -0.4 is 11.1 Å². The fraction of sp³-hybridized carbons (Fsp3) is 0.500. The molecule has 0 aliphatic rings. The molecule has 1 aromatic heterocycles. The van der Waals surface area contributed by atoms with E-state index in [-0.39, 0.29) is 12.6 Å². The molecule has 5 nitrogen and oxygen atoms in total. The quantitative estimate of drug-likeness (QED) is 0.827. The molecule has 1 atom stereocenters. The lowest BCUT2D eigenvalue weighted by atomic mass is 10.1. The van der Waals surface area contributed by atoms with E-state index in [9.17, 15) is 4.79 Å². The molecule has 0 saturated heterocycles. The van der Waals surface area contributed by atoms with Crippen LogP contribution in [0.2, 0.25) is 5.15 Å². The minimum absolute atomic E-state index is 0.273. The number of amides is 1. The molecule has 1 aromatic rings. The highest BCUT2D eigenvalue weighted by molar-refractivity contribution is 6.29. The van der Waals surface area contributed by atoms with Gasteiger partial charge in [0.15, 0.2) is 0 Å². The number of nitrogens with zero attached hydrogens (tertiary/aromatic N) is 1. The van der Waals surface area contributed by atoms with Gasteiger partial charge < -0.3 is 15.8 Å². The minimum atomic E-state index is -0.520. The van der Waals surface area contributed by atoms with Gasteiger partial charge >= 0.3 is 6.09 Å². The maximum absolute atomic E-state index is 11.4. The van der Waals surface area contributed by atoms with Crippen molar-refractivity contribution in [3.8, 4) is 0 Å². The van der Waals surface area contributed by atoms with Gasteiger partial charge in [-0.1, -0.05) is 11.6 Å². The Morgan fingerprint density at radius 3 is 2.83 bits per heavy atom. The van der Waals surface area contributed by atoms with Crippen LogP contribution in [0.4, 0.5) is 4.79 Å². The summed E-state index contributed by atoms with van der Waals surface area (Å²) >= 11 is 5.76. The number of nitrogens with two attached hydrogens (primary N) is 1. The Bertz CT molecular complexity index is 418. The summed E-state index contributed by atoms with van der Waals surface area (Å²) in [5, 5.41) is 2.98. The molecule has 1 unspecified atom stereocenters. The van der Waals surface area contributed by atoms with Crippen LogP contribution in [0, 0.1) is 0 Å². The number of carbonyl (C=O) groups excluding carboxylic acids is 1. The summed E-state index contributed by atoms with van der Waals surface area (Å²) in [6, 6.07) is 3.08. The van der Waals surface area contributed by atoms with E-state index < -0.39 is 11.7 Å². The van der Waals surface area contributed by atoms with Crippen LogP contribution in [-0.2, 0) is 4.74 Å². The van der Waals surface area contributed by atoms with Crippen LogP contribution in [0.1, 0.15) is 32.4 Å². The molecule has 1 amide bonds. The maximum atomic E-state index is 11.4. The van der Waals surface area contributed by atoms with Gasteiger partial charge in [0.1, 0.15) is 10.8 Å². The average Bonchev–Trinajstić information content (AvgIpc) is 2.23. The van der Waals surface area contributed by atoms with Crippen molar-refractivity contribution in [2.24, 2.45) is 5.73 Å². The van der Waals surface area contributed by atoms with Crippen molar-refractivity contribution in [1.29, 1.82) is 0 Å². The predicted octanol–water partition coefficient (Wildman–Crippen LogP) is 2.26. The third-order valence-electron chi connectivity index (χ3n) is 2.04. The van der Waals surface area contributed by atoms with Crippen molar-refractivity contribution in [2.45, 2.75) is 32.4 Å². The van der Waals surface area contributed by atoms with E-state index in [1.807, 2.05) is 0 Å². The second kappa shape index (κ2) is 6.02. The van der Waals surface area contributed by atoms with Crippen LogP contribution >= 0.6 is 11.6 Å². The zero-order valence-electron chi connectivity index (χ0n) is 10.7. The second-order valence-electron chi connectivity index (χ2n) is 4.90. The molecular weight excluding hydrogens is 254 g/mol. The summed E-state index contributed by atoms with van der Waals surface area (Å²) in [5.74, 6) is 0. The zero-order valence-corrected chi connectivity index (χ0v) is 11.5. The van der Waals surface area contributed by atoms with Crippen LogP contribution in [0.5, 0.6) is 0 Å².